The van der Waals surface area contributed by atoms with E-state index in [1.807, 2.05) is 39.2 Å². The van der Waals surface area contributed by atoms with Crippen molar-refractivity contribution < 1.29 is 0 Å². The lowest BCUT2D eigenvalue weighted by Crippen LogP contribution is -1.95. The van der Waals surface area contributed by atoms with E-state index in [0.717, 1.165) is 17.8 Å². The molecule has 186 valence electrons. The van der Waals surface area contributed by atoms with Crippen LogP contribution in [0.5, 0.6) is 0 Å². The Labute approximate surface area is 209 Å². The number of aryl methyl sites for hydroxylation is 2. The van der Waals surface area contributed by atoms with Gasteiger partial charge in [0.1, 0.15) is 0 Å². The highest BCUT2D eigenvalue weighted by Gasteiger charge is 2.00. The van der Waals surface area contributed by atoms with Gasteiger partial charge in [-0.1, -0.05) is 87.1 Å². The smallest absolute Gasteiger partial charge is 0.0623 e. The first-order valence-corrected chi connectivity index (χ1v) is 12.6. The molecule has 0 aromatic carbocycles. The third-order valence-electron chi connectivity index (χ3n) is 5.07. The zero-order valence-corrected chi connectivity index (χ0v) is 23.3. The molecule has 0 saturated heterocycles. The monoisotopic (exact) mass is 461 g/mol. The van der Waals surface area contributed by atoms with Crippen molar-refractivity contribution in [3.8, 4) is 0 Å². The van der Waals surface area contributed by atoms with Crippen LogP contribution in [0.2, 0.25) is 0 Å². The maximum absolute atomic E-state index is 4.49. The lowest BCUT2D eigenvalue weighted by Gasteiger charge is -2.04. The van der Waals surface area contributed by atoms with Crippen LogP contribution >= 0.6 is 0 Å². The molecule has 0 saturated carbocycles. The van der Waals surface area contributed by atoms with Crippen molar-refractivity contribution in [3.63, 3.8) is 0 Å². The Morgan fingerprint density at radius 3 is 1.71 bits per heavy atom. The van der Waals surface area contributed by atoms with Crippen molar-refractivity contribution in [2.45, 2.75) is 93.4 Å². The average molecular weight is 462 g/mol. The van der Waals surface area contributed by atoms with Crippen molar-refractivity contribution >= 4 is 6.08 Å². The fraction of sp³-hybridized carbons (Fsp3) is 0.452. The molecule has 3 aromatic rings. The Hall–Kier alpha value is -2.81. The van der Waals surface area contributed by atoms with Crippen molar-refractivity contribution in [1.82, 2.24) is 15.0 Å². The van der Waals surface area contributed by atoms with E-state index in [-0.39, 0.29) is 0 Å². The first-order chi connectivity index (χ1) is 16.2. The standard InChI is InChI=1S/C10H13N.C10H15N.C9H13N.C2H6/c1-4-10-6-5-9(7-11-10)8(2)3;1-4-9-6-5-7-10(11-9)8(2)3;1-7(2)9-5-4-8(3)10-6-9;1-2/h4-8H,1H2,2-3H3;5-8H,4H2,1-3H3;4-7H,1-3H3;1-2H3. The summed E-state index contributed by atoms with van der Waals surface area (Å²) in [7, 11) is 0. The number of hydrogen-bond donors (Lipinski definition) is 0. The van der Waals surface area contributed by atoms with Crippen LogP contribution in [0.1, 0.15) is 114 Å². The van der Waals surface area contributed by atoms with Crippen molar-refractivity contribution in [3.05, 3.63) is 95.3 Å². The van der Waals surface area contributed by atoms with Crippen molar-refractivity contribution in [2.24, 2.45) is 0 Å². The summed E-state index contributed by atoms with van der Waals surface area (Å²) in [6.45, 7) is 24.8. The van der Waals surface area contributed by atoms with E-state index >= 15 is 0 Å². The largest absolute Gasteiger partial charge is 0.261 e. The van der Waals surface area contributed by atoms with Gasteiger partial charge in [-0.25, -0.2) is 0 Å². The molecule has 3 rings (SSSR count). The molecular formula is C31H47N3. The lowest BCUT2D eigenvalue weighted by molar-refractivity contribution is 0.807. The van der Waals surface area contributed by atoms with Crippen LogP contribution in [0, 0.1) is 6.92 Å². The lowest BCUT2D eigenvalue weighted by atomic mass is 10.1. The summed E-state index contributed by atoms with van der Waals surface area (Å²) in [5.74, 6) is 1.69. The fourth-order valence-electron chi connectivity index (χ4n) is 2.72. The highest BCUT2D eigenvalue weighted by atomic mass is 14.7. The minimum Gasteiger partial charge on any atom is -0.261 e. The summed E-state index contributed by atoms with van der Waals surface area (Å²) in [4.78, 5) is 12.9. The first kappa shape index (κ1) is 31.2. The summed E-state index contributed by atoms with van der Waals surface area (Å²) in [5, 5.41) is 0. The number of nitrogens with zero attached hydrogens (tertiary/aromatic N) is 3. The predicted molar refractivity (Wildman–Crippen MR) is 151 cm³/mol. The third-order valence-corrected chi connectivity index (χ3v) is 5.07. The predicted octanol–water partition coefficient (Wildman–Crippen LogP) is 9.16. The Balaban J connectivity index is 0.000000463. The first-order valence-electron chi connectivity index (χ1n) is 12.6. The summed E-state index contributed by atoms with van der Waals surface area (Å²) < 4.78 is 0. The SMILES string of the molecule is C=Cc1ccc(C(C)C)cn1.CC.CCc1cccc(C(C)C)n1.Cc1ccc(C(C)C)cn1. The summed E-state index contributed by atoms with van der Waals surface area (Å²) in [6, 6.07) is 14.5. The Kier molecular flexibility index (Phi) is 16.2. The molecule has 0 bridgehead atoms. The molecule has 0 fully saturated rings. The maximum atomic E-state index is 4.49. The van der Waals surface area contributed by atoms with Gasteiger partial charge >= 0.3 is 0 Å². The topological polar surface area (TPSA) is 38.7 Å². The molecule has 0 radical (unpaired) electrons. The zero-order chi connectivity index (χ0) is 26.1. The van der Waals surface area contributed by atoms with E-state index in [9.17, 15) is 0 Å². The second-order valence-corrected chi connectivity index (χ2v) is 8.82. The van der Waals surface area contributed by atoms with Gasteiger partial charge in [-0.05, 0) is 72.6 Å². The zero-order valence-electron chi connectivity index (χ0n) is 23.3. The van der Waals surface area contributed by atoms with Crippen LogP contribution in [0.4, 0.5) is 0 Å². The van der Waals surface area contributed by atoms with Gasteiger partial charge < -0.3 is 0 Å². The highest BCUT2D eigenvalue weighted by Crippen LogP contribution is 2.13. The molecule has 0 N–H and O–H groups in total. The molecule has 0 aliphatic rings. The Morgan fingerprint density at radius 2 is 1.32 bits per heavy atom. The molecule has 0 atom stereocenters. The van der Waals surface area contributed by atoms with Gasteiger partial charge in [0, 0.05) is 29.5 Å². The van der Waals surface area contributed by atoms with Gasteiger partial charge in [-0.15, -0.1) is 0 Å². The summed E-state index contributed by atoms with van der Waals surface area (Å²) in [5.41, 5.74) is 7.00. The van der Waals surface area contributed by atoms with E-state index in [2.05, 4.69) is 106 Å². The minimum atomic E-state index is 0.543. The molecule has 3 aromatic heterocycles. The van der Waals surface area contributed by atoms with Crippen molar-refractivity contribution in [1.29, 1.82) is 0 Å². The van der Waals surface area contributed by atoms with Crippen LogP contribution in [-0.2, 0) is 6.42 Å². The van der Waals surface area contributed by atoms with Gasteiger partial charge in [0.2, 0.25) is 0 Å². The molecule has 0 aliphatic carbocycles. The van der Waals surface area contributed by atoms with Crippen LogP contribution in [-0.4, -0.2) is 15.0 Å². The van der Waals surface area contributed by atoms with Crippen LogP contribution < -0.4 is 0 Å². The Morgan fingerprint density at radius 1 is 0.765 bits per heavy atom. The van der Waals surface area contributed by atoms with Crippen molar-refractivity contribution in [2.75, 3.05) is 0 Å². The average Bonchev–Trinajstić information content (AvgIpc) is 2.86. The maximum Gasteiger partial charge on any atom is 0.0623 e. The minimum absolute atomic E-state index is 0.543. The molecule has 3 heteroatoms. The molecule has 3 nitrogen and oxygen atoms in total. The van der Waals surface area contributed by atoms with Crippen LogP contribution in [0.15, 0.2) is 61.4 Å². The normalized spacial score (nSPS) is 9.91. The number of aromatic nitrogens is 3. The van der Waals surface area contributed by atoms with Gasteiger partial charge in [0.25, 0.3) is 0 Å². The second-order valence-electron chi connectivity index (χ2n) is 8.82. The van der Waals surface area contributed by atoms with Crippen LogP contribution in [0.3, 0.4) is 0 Å². The number of hydrogen-bond acceptors (Lipinski definition) is 3. The van der Waals surface area contributed by atoms with Crippen LogP contribution in [0.25, 0.3) is 6.08 Å². The quantitative estimate of drug-likeness (QED) is 0.380. The molecular weight excluding hydrogens is 414 g/mol. The van der Waals surface area contributed by atoms with E-state index in [0.29, 0.717) is 17.8 Å². The fourth-order valence-corrected chi connectivity index (χ4v) is 2.72. The molecule has 3 heterocycles. The molecule has 34 heavy (non-hydrogen) atoms. The molecule has 0 spiro atoms. The van der Waals surface area contributed by atoms with Gasteiger partial charge in [0.05, 0.1) is 5.69 Å². The third kappa shape index (κ3) is 12.4. The number of pyridine rings is 3. The van der Waals surface area contributed by atoms with Gasteiger partial charge in [-0.3, -0.25) is 15.0 Å². The summed E-state index contributed by atoms with van der Waals surface area (Å²) in [6.07, 6.45) is 6.63. The molecule has 0 amide bonds. The summed E-state index contributed by atoms with van der Waals surface area (Å²) >= 11 is 0. The van der Waals surface area contributed by atoms with E-state index < -0.39 is 0 Å². The Bertz CT molecular complexity index is 908. The van der Waals surface area contributed by atoms with E-state index in [1.54, 1.807) is 6.08 Å². The second kappa shape index (κ2) is 17.6. The van der Waals surface area contributed by atoms with Gasteiger partial charge in [-0.2, -0.15) is 0 Å². The van der Waals surface area contributed by atoms with E-state index in [4.69, 9.17) is 0 Å². The van der Waals surface area contributed by atoms with E-state index in [1.165, 1.54) is 22.5 Å². The highest BCUT2D eigenvalue weighted by molar-refractivity contribution is 5.41. The molecule has 0 aliphatic heterocycles. The van der Waals surface area contributed by atoms with Gasteiger partial charge in [0.15, 0.2) is 0 Å². The molecule has 0 unspecified atom stereocenters. The number of rotatable bonds is 5.